The standard InChI is InChI=1S/C9H12BrN/c1-6(2)9-4-7(3)8(10)5-11-9/h4-6H,1-3H3. The average Bonchev–Trinajstić information content (AvgIpc) is 1.94. The smallest absolute Gasteiger partial charge is 0.0432 e. The van der Waals surface area contributed by atoms with Gasteiger partial charge in [0.25, 0.3) is 0 Å². The average molecular weight is 214 g/mol. The molecule has 2 heteroatoms. The zero-order valence-corrected chi connectivity index (χ0v) is 8.64. The van der Waals surface area contributed by atoms with Crippen LogP contribution in [0.3, 0.4) is 0 Å². The first kappa shape index (κ1) is 8.72. The first-order valence-corrected chi connectivity index (χ1v) is 4.52. The fraction of sp³-hybridized carbons (Fsp3) is 0.444. The summed E-state index contributed by atoms with van der Waals surface area (Å²) in [6.45, 7) is 6.38. The highest BCUT2D eigenvalue weighted by Crippen LogP contribution is 2.18. The second-order valence-electron chi connectivity index (χ2n) is 3.01. The summed E-state index contributed by atoms with van der Waals surface area (Å²) in [4.78, 5) is 4.29. The van der Waals surface area contributed by atoms with E-state index in [0.717, 1.165) is 10.2 Å². The van der Waals surface area contributed by atoms with Crippen LogP contribution in [-0.2, 0) is 0 Å². The number of nitrogens with zero attached hydrogens (tertiary/aromatic N) is 1. The van der Waals surface area contributed by atoms with Crippen molar-refractivity contribution >= 4 is 15.9 Å². The number of hydrogen-bond donors (Lipinski definition) is 0. The summed E-state index contributed by atoms with van der Waals surface area (Å²) in [5.74, 6) is 0.516. The molecule has 0 bridgehead atoms. The Kier molecular flexibility index (Phi) is 2.66. The van der Waals surface area contributed by atoms with Crippen LogP contribution in [0.25, 0.3) is 0 Å². The van der Waals surface area contributed by atoms with Crippen molar-refractivity contribution in [2.45, 2.75) is 26.7 Å². The number of pyridine rings is 1. The van der Waals surface area contributed by atoms with Gasteiger partial charge in [0.05, 0.1) is 0 Å². The van der Waals surface area contributed by atoms with Crippen LogP contribution in [0.1, 0.15) is 31.0 Å². The SMILES string of the molecule is Cc1cc(C(C)C)ncc1Br. The Balaban J connectivity index is 3.05. The Hall–Kier alpha value is -0.370. The van der Waals surface area contributed by atoms with Gasteiger partial charge < -0.3 is 0 Å². The summed E-state index contributed by atoms with van der Waals surface area (Å²) in [7, 11) is 0. The molecule has 0 saturated heterocycles. The van der Waals surface area contributed by atoms with Gasteiger partial charge in [0.2, 0.25) is 0 Å². The highest BCUT2D eigenvalue weighted by molar-refractivity contribution is 9.10. The second kappa shape index (κ2) is 3.35. The molecule has 1 nitrogen and oxygen atoms in total. The van der Waals surface area contributed by atoms with Crippen molar-refractivity contribution in [1.29, 1.82) is 0 Å². The largest absolute Gasteiger partial charge is 0.260 e. The molecule has 1 heterocycles. The topological polar surface area (TPSA) is 12.9 Å². The van der Waals surface area contributed by atoms with Crippen LogP contribution in [-0.4, -0.2) is 4.98 Å². The van der Waals surface area contributed by atoms with Gasteiger partial charge >= 0.3 is 0 Å². The van der Waals surface area contributed by atoms with Crippen molar-refractivity contribution < 1.29 is 0 Å². The van der Waals surface area contributed by atoms with E-state index in [1.165, 1.54) is 5.56 Å². The minimum absolute atomic E-state index is 0.516. The third kappa shape index (κ3) is 2.03. The molecule has 0 unspecified atom stereocenters. The summed E-state index contributed by atoms with van der Waals surface area (Å²) in [6.07, 6.45) is 1.87. The molecule has 0 spiro atoms. The van der Waals surface area contributed by atoms with E-state index < -0.39 is 0 Å². The number of aromatic nitrogens is 1. The number of hydrogen-bond acceptors (Lipinski definition) is 1. The molecule has 60 valence electrons. The van der Waals surface area contributed by atoms with Crippen LogP contribution >= 0.6 is 15.9 Å². The first-order valence-electron chi connectivity index (χ1n) is 3.73. The molecule has 1 aromatic rings. The summed E-state index contributed by atoms with van der Waals surface area (Å²) in [6, 6.07) is 2.12. The third-order valence-electron chi connectivity index (χ3n) is 1.66. The third-order valence-corrected chi connectivity index (χ3v) is 2.49. The molecule has 0 radical (unpaired) electrons. The van der Waals surface area contributed by atoms with Crippen LogP contribution in [0.2, 0.25) is 0 Å². The lowest BCUT2D eigenvalue weighted by atomic mass is 10.1. The molecule has 11 heavy (non-hydrogen) atoms. The van der Waals surface area contributed by atoms with Gasteiger partial charge in [-0.1, -0.05) is 13.8 Å². The number of halogens is 1. The van der Waals surface area contributed by atoms with Crippen LogP contribution < -0.4 is 0 Å². The molecule has 1 aromatic heterocycles. The molecule has 0 atom stereocenters. The molecule has 0 fully saturated rings. The van der Waals surface area contributed by atoms with Crippen LogP contribution in [0.5, 0.6) is 0 Å². The Morgan fingerprint density at radius 1 is 1.45 bits per heavy atom. The Morgan fingerprint density at radius 3 is 2.55 bits per heavy atom. The van der Waals surface area contributed by atoms with Crippen LogP contribution in [0.4, 0.5) is 0 Å². The maximum absolute atomic E-state index is 4.29. The zero-order valence-electron chi connectivity index (χ0n) is 7.06. The minimum Gasteiger partial charge on any atom is -0.260 e. The zero-order chi connectivity index (χ0) is 8.43. The lowest BCUT2D eigenvalue weighted by Crippen LogP contribution is -1.92. The van der Waals surface area contributed by atoms with Crippen molar-refractivity contribution in [2.75, 3.05) is 0 Å². The van der Waals surface area contributed by atoms with Gasteiger partial charge in [-0.3, -0.25) is 4.98 Å². The van der Waals surface area contributed by atoms with E-state index in [0.29, 0.717) is 5.92 Å². The molecule has 0 N–H and O–H groups in total. The van der Waals surface area contributed by atoms with E-state index in [1.807, 2.05) is 6.20 Å². The fourth-order valence-corrected chi connectivity index (χ4v) is 1.09. The van der Waals surface area contributed by atoms with Gasteiger partial charge in [0.15, 0.2) is 0 Å². The molecule has 0 aromatic carbocycles. The highest BCUT2D eigenvalue weighted by atomic mass is 79.9. The van der Waals surface area contributed by atoms with Gasteiger partial charge in [-0.05, 0) is 40.4 Å². The predicted molar refractivity (Wildman–Crippen MR) is 50.8 cm³/mol. The van der Waals surface area contributed by atoms with E-state index in [-0.39, 0.29) is 0 Å². The Labute approximate surface area is 76.0 Å². The summed E-state index contributed by atoms with van der Waals surface area (Å²) < 4.78 is 1.09. The molecule has 0 saturated carbocycles. The van der Waals surface area contributed by atoms with E-state index in [4.69, 9.17) is 0 Å². The molecular formula is C9H12BrN. The molecule has 0 aliphatic rings. The second-order valence-corrected chi connectivity index (χ2v) is 3.87. The maximum atomic E-state index is 4.29. The normalized spacial score (nSPS) is 10.6. The van der Waals surface area contributed by atoms with Gasteiger partial charge in [-0.25, -0.2) is 0 Å². The number of rotatable bonds is 1. The van der Waals surface area contributed by atoms with Crippen LogP contribution in [0.15, 0.2) is 16.7 Å². The quantitative estimate of drug-likeness (QED) is 0.699. The van der Waals surface area contributed by atoms with Gasteiger partial charge in [0, 0.05) is 16.4 Å². The Morgan fingerprint density at radius 2 is 2.09 bits per heavy atom. The van der Waals surface area contributed by atoms with Crippen molar-refractivity contribution in [1.82, 2.24) is 4.98 Å². The van der Waals surface area contributed by atoms with Gasteiger partial charge in [0.1, 0.15) is 0 Å². The minimum atomic E-state index is 0.516. The van der Waals surface area contributed by atoms with Crippen molar-refractivity contribution in [3.8, 4) is 0 Å². The van der Waals surface area contributed by atoms with Crippen LogP contribution in [0, 0.1) is 6.92 Å². The maximum Gasteiger partial charge on any atom is 0.0432 e. The van der Waals surface area contributed by atoms with E-state index in [9.17, 15) is 0 Å². The molecule has 0 amide bonds. The molecular weight excluding hydrogens is 202 g/mol. The Bertz CT molecular complexity index is 256. The summed E-state index contributed by atoms with van der Waals surface area (Å²) >= 11 is 3.42. The summed E-state index contributed by atoms with van der Waals surface area (Å²) in [5, 5.41) is 0. The lowest BCUT2D eigenvalue weighted by Gasteiger charge is -2.05. The molecule has 0 aliphatic heterocycles. The first-order chi connectivity index (χ1) is 5.11. The van der Waals surface area contributed by atoms with Crippen molar-refractivity contribution in [3.05, 3.63) is 28.0 Å². The van der Waals surface area contributed by atoms with Gasteiger partial charge in [-0.15, -0.1) is 0 Å². The van der Waals surface area contributed by atoms with E-state index in [2.05, 4.69) is 47.8 Å². The van der Waals surface area contributed by atoms with E-state index in [1.54, 1.807) is 0 Å². The predicted octanol–water partition coefficient (Wildman–Crippen LogP) is 3.28. The molecule has 1 rings (SSSR count). The molecule has 0 aliphatic carbocycles. The van der Waals surface area contributed by atoms with Crippen molar-refractivity contribution in [2.24, 2.45) is 0 Å². The highest BCUT2D eigenvalue weighted by Gasteiger charge is 2.01. The monoisotopic (exact) mass is 213 g/mol. The lowest BCUT2D eigenvalue weighted by molar-refractivity contribution is 0.819. The van der Waals surface area contributed by atoms with Gasteiger partial charge in [-0.2, -0.15) is 0 Å². The van der Waals surface area contributed by atoms with E-state index >= 15 is 0 Å². The number of aryl methyl sites for hydroxylation is 1. The van der Waals surface area contributed by atoms with Crippen molar-refractivity contribution in [3.63, 3.8) is 0 Å². The summed E-state index contributed by atoms with van der Waals surface area (Å²) in [5.41, 5.74) is 2.41. The fourth-order valence-electron chi connectivity index (χ4n) is 0.877.